The third-order valence-corrected chi connectivity index (χ3v) is 5.05. The van der Waals surface area contributed by atoms with Gasteiger partial charge in [-0.15, -0.1) is 0 Å². The molecule has 0 spiro atoms. The Balaban J connectivity index is 1.87. The molecule has 30 heavy (non-hydrogen) atoms. The number of carbonyl (C=O) groups excluding carboxylic acids is 1. The van der Waals surface area contributed by atoms with Crippen LogP contribution in [0.4, 0.5) is 11.4 Å². The largest absolute Gasteiger partial charge is 0.461 e. The van der Waals surface area contributed by atoms with Crippen molar-refractivity contribution < 1.29 is 9.53 Å². The van der Waals surface area contributed by atoms with Crippen LogP contribution in [0.3, 0.4) is 0 Å². The Morgan fingerprint density at radius 1 is 1.13 bits per heavy atom. The predicted molar refractivity (Wildman–Crippen MR) is 120 cm³/mol. The predicted octanol–water partition coefficient (Wildman–Crippen LogP) is 5.11. The molecule has 2 aromatic heterocycles. The molecule has 0 fully saturated rings. The van der Waals surface area contributed by atoms with Crippen LogP contribution in [0, 0.1) is 0 Å². The third kappa shape index (κ3) is 3.69. The Hall–Kier alpha value is -3.51. The number of esters is 1. The second kappa shape index (κ2) is 8.08. The van der Waals surface area contributed by atoms with Gasteiger partial charge >= 0.3 is 5.97 Å². The number of aromatic amines is 1. The first kappa shape index (κ1) is 19.8. The molecule has 0 saturated carbocycles. The Morgan fingerprint density at radius 3 is 2.60 bits per heavy atom. The number of fused-ring (bicyclic) bond motifs is 1. The summed E-state index contributed by atoms with van der Waals surface area (Å²) in [5.74, 6) is -0.491. The molecule has 2 N–H and O–H groups in total. The highest BCUT2D eigenvalue weighted by molar-refractivity contribution is 6.30. The highest BCUT2D eigenvalue weighted by atomic mass is 35.5. The summed E-state index contributed by atoms with van der Waals surface area (Å²) in [6, 6.07) is 16.9. The molecular formula is C23H20ClN3O3. The van der Waals surface area contributed by atoms with E-state index in [9.17, 15) is 9.59 Å². The van der Waals surface area contributed by atoms with Gasteiger partial charge in [-0.1, -0.05) is 29.8 Å². The minimum absolute atomic E-state index is 0.215. The fourth-order valence-corrected chi connectivity index (χ4v) is 3.51. The quantitative estimate of drug-likeness (QED) is 0.439. The van der Waals surface area contributed by atoms with Gasteiger partial charge < -0.3 is 19.6 Å². The first-order valence-corrected chi connectivity index (χ1v) is 9.87. The van der Waals surface area contributed by atoms with Crippen molar-refractivity contribution in [3.63, 3.8) is 0 Å². The highest BCUT2D eigenvalue weighted by Gasteiger charge is 2.18. The number of aryl methyl sites for hydroxylation is 1. The van der Waals surface area contributed by atoms with Gasteiger partial charge in [0.15, 0.2) is 0 Å². The van der Waals surface area contributed by atoms with Crippen LogP contribution in [0.15, 0.2) is 65.6 Å². The van der Waals surface area contributed by atoms with Crippen molar-refractivity contribution in [2.75, 3.05) is 11.9 Å². The average molecular weight is 422 g/mol. The van der Waals surface area contributed by atoms with E-state index < -0.39 is 5.97 Å². The Morgan fingerprint density at radius 2 is 1.87 bits per heavy atom. The van der Waals surface area contributed by atoms with E-state index >= 15 is 0 Å². The summed E-state index contributed by atoms with van der Waals surface area (Å²) in [5.41, 5.74) is 3.85. The monoisotopic (exact) mass is 421 g/mol. The zero-order valence-electron chi connectivity index (χ0n) is 16.5. The number of hydrogen-bond donors (Lipinski definition) is 2. The van der Waals surface area contributed by atoms with Crippen LogP contribution in [0.5, 0.6) is 0 Å². The average Bonchev–Trinajstić information content (AvgIpc) is 3.19. The Labute approximate surface area is 178 Å². The number of pyridine rings is 1. The van der Waals surface area contributed by atoms with Gasteiger partial charge in [0.05, 0.1) is 6.61 Å². The Bertz CT molecular complexity index is 1290. The first-order chi connectivity index (χ1) is 14.5. The maximum atomic E-state index is 12.7. The topological polar surface area (TPSA) is 76.1 Å². The van der Waals surface area contributed by atoms with Crippen LogP contribution in [-0.2, 0) is 11.8 Å². The SMILES string of the molecule is CCOC(=O)c1cc2c(-c3ccccc3Nc3ccc(Cl)cc3)cn(C)c(=O)c2[nH]1. The fourth-order valence-electron chi connectivity index (χ4n) is 3.38. The summed E-state index contributed by atoms with van der Waals surface area (Å²) in [6.45, 7) is 2.00. The molecule has 6 nitrogen and oxygen atoms in total. The molecule has 4 aromatic rings. The molecule has 7 heteroatoms. The van der Waals surface area contributed by atoms with E-state index in [1.54, 1.807) is 26.2 Å². The Kier molecular flexibility index (Phi) is 5.33. The lowest BCUT2D eigenvalue weighted by Gasteiger charge is -2.14. The van der Waals surface area contributed by atoms with Crippen LogP contribution in [0.1, 0.15) is 17.4 Å². The van der Waals surface area contributed by atoms with Crippen molar-refractivity contribution in [2.45, 2.75) is 6.92 Å². The number of H-pyrrole nitrogens is 1. The zero-order chi connectivity index (χ0) is 21.3. The van der Waals surface area contributed by atoms with E-state index in [1.807, 2.05) is 48.5 Å². The molecule has 4 rings (SSSR count). The third-order valence-electron chi connectivity index (χ3n) is 4.80. The van der Waals surface area contributed by atoms with Gasteiger partial charge in [0.2, 0.25) is 0 Å². The van der Waals surface area contributed by atoms with Gasteiger partial charge in [0, 0.05) is 46.2 Å². The van der Waals surface area contributed by atoms with Crippen molar-refractivity contribution in [3.05, 3.63) is 81.9 Å². The van der Waals surface area contributed by atoms with Gasteiger partial charge in [-0.2, -0.15) is 0 Å². The number of aromatic nitrogens is 2. The van der Waals surface area contributed by atoms with Crippen LogP contribution in [-0.4, -0.2) is 22.1 Å². The molecule has 0 aliphatic carbocycles. The summed E-state index contributed by atoms with van der Waals surface area (Å²) in [4.78, 5) is 27.8. The van der Waals surface area contributed by atoms with E-state index in [1.165, 1.54) is 4.57 Å². The first-order valence-electron chi connectivity index (χ1n) is 9.49. The minimum atomic E-state index is -0.491. The number of rotatable bonds is 5. The molecule has 0 atom stereocenters. The van der Waals surface area contributed by atoms with Crippen LogP contribution >= 0.6 is 11.6 Å². The maximum Gasteiger partial charge on any atom is 0.354 e. The van der Waals surface area contributed by atoms with Crippen LogP contribution in [0.25, 0.3) is 22.0 Å². The number of para-hydroxylation sites is 1. The van der Waals surface area contributed by atoms with E-state index in [4.69, 9.17) is 16.3 Å². The number of anilines is 2. The number of carbonyl (C=O) groups is 1. The van der Waals surface area contributed by atoms with Gasteiger partial charge in [-0.3, -0.25) is 4.79 Å². The molecule has 152 valence electrons. The van der Waals surface area contributed by atoms with Gasteiger partial charge in [-0.05, 0) is 43.3 Å². The molecule has 0 amide bonds. The van der Waals surface area contributed by atoms with E-state index in [0.29, 0.717) is 15.9 Å². The minimum Gasteiger partial charge on any atom is -0.461 e. The molecule has 0 unspecified atom stereocenters. The van der Waals surface area contributed by atoms with Crippen molar-refractivity contribution in [1.82, 2.24) is 9.55 Å². The number of ether oxygens (including phenoxy) is 1. The van der Waals surface area contributed by atoms with Crippen LogP contribution in [0.2, 0.25) is 5.02 Å². The normalized spacial score (nSPS) is 10.9. The number of benzene rings is 2. The molecule has 2 aromatic carbocycles. The van der Waals surface area contributed by atoms with Gasteiger partial charge in [0.1, 0.15) is 11.2 Å². The summed E-state index contributed by atoms with van der Waals surface area (Å²) >= 11 is 5.99. The number of nitrogens with one attached hydrogen (secondary N) is 2. The second-order valence-corrected chi connectivity index (χ2v) is 7.26. The molecule has 0 bridgehead atoms. The van der Waals surface area contributed by atoms with Crippen LogP contribution < -0.4 is 10.9 Å². The fraction of sp³-hybridized carbons (Fsp3) is 0.130. The summed E-state index contributed by atoms with van der Waals surface area (Å²) < 4.78 is 6.59. The summed E-state index contributed by atoms with van der Waals surface area (Å²) in [6.07, 6.45) is 1.77. The van der Waals surface area contributed by atoms with Crippen molar-refractivity contribution in [2.24, 2.45) is 7.05 Å². The zero-order valence-corrected chi connectivity index (χ0v) is 17.3. The second-order valence-electron chi connectivity index (χ2n) is 6.83. The molecule has 0 aliphatic heterocycles. The summed E-state index contributed by atoms with van der Waals surface area (Å²) in [7, 11) is 1.69. The lowest BCUT2D eigenvalue weighted by Crippen LogP contribution is -2.17. The van der Waals surface area contributed by atoms with Crippen molar-refractivity contribution >= 4 is 39.8 Å². The van der Waals surface area contributed by atoms with E-state index in [0.717, 1.165) is 22.5 Å². The number of halogens is 1. The standard InChI is InChI=1S/C23H20ClN3O3/c1-3-30-23(29)20-12-17-18(13-27(2)22(28)21(17)26-20)16-6-4-5-7-19(16)25-15-10-8-14(24)9-11-15/h4-13,25-26H,3H2,1-2H3. The molecular weight excluding hydrogens is 402 g/mol. The molecule has 0 radical (unpaired) electrons. The summed E-state index contributed by atoms with van der Waals surface area (Å²) in [5, 5.41) is 4.72. The van der Waals surface area contributed by atoms with E-state index in [2.05, 4.69) is 10.3 Å². The molecule has 0 aliphatic rings. The molecule has 0 saturated heterocycles. The highest BCUT2D eigenvalue weighted by Crippen LogP contribution is 2.34. The number of hydrogen-bond acceptors (Lipinski definition) is 4. The smallest absolute Gasteiger partial charge is 0.354 e. The lowest BCUT2D eigenvalue weighted by molar-refractivity contribution is 0.0520. The number of nitrogens with zero attached hydrogens (tertiary/aromatic N) is 1. The molecule has 2 heterocycles. The van der Waals surface area contributed by atoms with Gasteiger partial charge in [0.25, 0.3) is 5.56 Å². The lowest BCUT2D eigenvalue weighted by atomic mass is 10.0. The van der Waals surface area contributed by atoms with Crippen molar-refractivity contribution in [1.29, 1.82) is 0 Å². The van der Waals surface area contributed by atoms with Gasteiger partial charge in [-0.25, -0.2) is 4.79 Å². The maximum absolute atomic E-state index is 12.7. The van der Waals surface area contributed by atoms with Crippen molar-refractivity contribution in [3.8, 4) is 11.1 Å². The van der Waals surface area contributed by atoms with E-state index in [-0.39, 0.29) is 17.9 Å².